The summed E-state index contributed by atoms with van der Waals surface area (Å²) in [6, 6.07) is 18.5. The van der Waals surface area contributed by atoms with Gasteiger partial charge in [-0.2, -0.15) is 0 Å². The van der Waals surface area contributed by atoms with Gasteiger partial charge in [-0.1, -0.05) is 38.0 Å². The smallest absolute Gasteiger partial charge is 0.271 e. The van der Waals surface area contributed by atoms with Gasteiger partial charge in [0.1, 0.15) is 0 Å². The van der Waals surface area contributed by atoms with E-state index in [0.717, 1.165) is 28.8 Å². The van der Waals surface area contributed by atoms with Crippen molar-refractivity contribution in [2.75, 3.05) is 15.9 Å². The van der Waals surface area contributed by atoms with E-state index < -0.39 is 20.9 Å². The number of para-hydroxylation sites is 1. The molecule has 0 saturated heterocycles. The molecular formula is C26H26N4O5S. The van der Waals surface area contributed by atoms with E-state index in [4.69, 9.17) is 0 Å². The van der Waals surface area contributed by atoms with Gasteiger partial charge in [0, 0.05) is 35.0 Å². The first-order valence-electron chi connectivity index (χ1n) is 11.6. The average molecular weight is 507 g/mol. The monoisotopic (exact) mass is 506 g/mol. The van der Waals surface area contributed by atoms with Crippen molar-refractivity contribution in [3.8, 4) is 0 Å². The van der Waals surface area contributed by atoms with E-state index in [0.29, 0.717) is 34.2 Å². The maximum atomic E-state index is 12.7. The summed E-state index contributed by atoms with van der Waals surface area (Å²) >= 11 is 0. The standard InChI is InChI=1S/C26H26N4O5S/c1-3-4-5-10-25(31)29(36(2,34)35)19-13-11-18(12-14-19)27-26-21-8-6-7-9-23(21)28-24-17-20(30(32)33)15-16-22(24)26/h6-9,11-17H,3-5,10H2,1-2H3,(H,27,28). The first-order chi connectivity index (χ1) is 17.2. The second-order valence-electron chi connectivity index (χ2n) is 8.51. The maximum Gasteiger partial charge on any atom is 0.271 e. The molecule has 0 bridgehead atoms. The molecule has 0 aliphatic carbocycles. The summed E-state index contributed by atoms with van der Waals surface area (Å²) in [6.45, 7) is 2.01. The highest BCUT2D eigenvalue weighted by molar-refractivity contribution is 7.92. The summed E-state index contributed by atoms with van der Waals surface area (Å²) in [5.41, 5.74) is 2.73. The number of amides is 1. The topological polar surface area (TPSA) is 123 Å². The van der Waals surface area contributed by atoms with Crippen LogP contribution in [0.5, 0.6) is 0 Å². The Balaban J connectivity index is 1.71. The lowest BCUT2D eigenvalue weighted by atomic mass is 10.1. The largest absolute Gasteiger partial charge is 0.354 e. The van der Waals surface area contributed by atoms with E-state index in [2.05, 4.69) is 10.3 Å². The number of anilines is 3. The molecule has 1 heterocycles. The molecule has 1 amide bonds. The van der Waals surface area contributed by atoms with Crippen LogP contribution in [0.2, 0.25) is 0 Å². The predicted octanol–water partition coefficient (Wildman–Crippen LogP) is 5.91. The van der Waals surface area contributed by atoms with Gasteiger partial charge in [-0.05, 0) is 42.8 Å². The molecule has 4 rings (SSSR count). The highest BCUT2D eigenvalue weighted by Crippen LogP contribution is 2.35. The Morgan fingerprint density at radius 2 is 1.69 bits per heavy atom. The molecule has 1 aromatic heterocycles. The average Bonchev–Trinajstić information content (AvgIpc) is 2.84. The molecule has 186 valence electrons. The van der Waals surface area contributed by atoms with Crippen molar-refractivity contribution in [3.05, 3.63) is 76.8 Å². The summed E-state index contributed by atoms with van der Waals surface area (Å²) in [4.78, 5) is 28.1. The molecule has 0 spiro atoms. The first kappa shape index (κ1) is 25.1. The molecule has 36 heavy (non-hydrogen) atoms. The molecule has 10 heteroatoms. The Morgan fingerprint density at radius 1 is 1.00 bits per heavy atom. The second kappa shape index (κ2) is 10.3. The van der Waals surface area contributed by atoms with Crippen LogP contribution < -0.4 is 9.62 Å². The van der Waals surface area contributed by atoms with Crippen molar-refractivity contribution in [1.82, 2.24) is 4.98 Å². The van der Waals surface area contributed by atoms with Crippen LogP contribution in [0.15, 0.2) is 66.7 Å². The number of unbranched alkanes of at least 4 members (excludes halogenated alkanes) is 2. The lowest BCUT2D eigenvalue weighted by Gasteiger charge is -2.21. The van der Waals surface area contributed by atoms with Gasteiger partial charge in [-0.25, -0.2) is 17.7 Å². The summed E-state index contributed by atoms with van der Waals surface area (Å²) < 4.78 is 25.6. The minimum absolute atomic E-state index is 0.0509. The fraction of sp³-hybridized carbons (Fsp3) is 0.231. The van der Waals surface area contributed by atoms with Crippen LogP contribution in [-0.4, -0.2) is 30.5 Å². The summed E-state index contributed by atoms with van der Waals surface area (Å²) in [7, 11) is -3.79. The van der Waals surface area contributed by atoms with E-state index in [1.54, 1.807) is 30.3 Å². The molecule has 3 aromatic carbocycles. The minimum atomic E-state index is -3.79. The number of nitro groups is 1. The lowest BCUT2D eigenvalue weighted by molar-refractivity contribution is -0.384. The Hall–Kier alpha value is -4.05. The number of sulfonamides is 1. The molecule has 0 radical (unpaired) electrons. The molecular weight excluding hydrogens is 480 g/mol. The van der Waals surface area contributed by atoms with Gasteiger partial charge >= 0.3 is 0 Å². The molecule has 0 saturated carbocycles. The van der Waals surface area contributed by atoms with Crippen molar-refractivity contribution >= 4 is 60.5 Å². The van der Waals surface area contributed by atoms with Crippen LogP contribution in [-0.2, 0) is 14.8 Å². The van der Waals surface area contributed by atoms with Crippen LogP contribution in [0.4, 0.5) is 22.7 Å². The zero-order valence-electron chi connectivity index (χ0n) is 20.0. The van der Waals surface area contributed by atoms with Crippen LogP contribution in [0.3, 0.4) is 0 Å². The number of nitrogens with one attached hydrogen (secondary N) is 1. The van der Waals surface area contributed by atoms with E-state index in [-0.39, 0.29) is 17.8 Å². The van der Waals surface area contributed by atoms with Crippen LogP contribution in [0, 0.1) is 10.1 Å². The normalized spacial score (nSPS) is 11.5. The molecule has 0 aliphatic heterocycles. The van der Waals surface area contributed by atoms with Crippen molar-refractivity contribution in [3.63, 3.8) is 0 Å². The predicted molar refractivity (Wildman–Crippen MR) is 142 cm³/mol. The quantitative estimate of drug-likeness (QED) is 0.129. The number of non-ortho nitro benzene ring substituents is 1. The zero-order valence-corrected chi connectivity index (χ0v) is 20.8. The number of hydrogen-bond acceptors (Lipinski definition) is 7. The Bertz CT molecular complexity index is 1550. The number of benzene rings is 3. The van der Waals surface area contributed by atoms with E-state index >= 15 is 0 Å². The SMILES string of the molecule is CCCCCC(=O)N(c1ccc(Nc2c3ccccc3nc3cc([N+](=O)[O-])ccc23)cc1)S(C)(=O)=O. The number of pyridine rings is 1. The third kappa shape index (κ3) is 5.28. The molecule has 0 unspecified atom stereocenters. The molecule has 0 fully saturated rings. The fourth-order valence-electron chi connectivity index (χ4n) is 4.10. The molecule has 9 nitrogen and oxygen atoms in total. The molecule has 1 N–H and O–H groups in total. The lowest BCUT2D eigenvalue weighted by Crippen LogP contribution is -2.36. The third-order valence-electron chi connectivity index (χ3n) is 5.80. The van der Waals surface area contributed by atoms with Crippen molar-refractivity contribution in [2.24, 2.45) is 0 Å². The highest BCUT2D eigenvalue weighted by atomic mass is 32.2. The Morgan fingerprint density at radius 3 is 2.36 bits per heavy atom. The number of nitro benzene ring substituents is 1. The number of hydrogen-bond donors (Lipinski definition) is 1. The molecule has 0 atom stereocenters. The van der Waals surface area contributed by atoms with Gasteiger partial charge < -0.3 is 5.32 Å². The molecule has 0 aliphatic rings. The minimum Gasteiger partial charge on any atom is -0.354 e. The Labute approximate surface area is 209 Å². The summed E-state index contributed by atoms with van der Waals surface area (Å²) in [5, 5.41) is 16.1. The second-order valence-corrected chi connectivity index (χ2v) is 10.3. The number of nitrogens with zero attached hydrogens (tertiary/aromatic N) is 3. The number of rotatable bonds is 9. The number of aromatic nitrogens is 1. The van der Waals surface area contributed by atoms with Crippen molar-refractivity contribution in [1.29, 1.82) is 0 Å². The van der Waals surface area contributed by atoms with Gasteiger partial charge in [-0.3, -0.25) is 14.9 Å². The van der Waals surface area contributed by atoms with Gasteiger partial charge in [0.25, 0.3) is 5.69 Å². The highest BCUT2D eigenvalue weighted by Gasteiger charge is 2.24. The third-order valence-corrected chi connectivity index (χ3v) is 6.88. The number of carbonyl (C=O) groups excluding carboxylic acids is 1. The van der Waals surface area contributed by atoms with Gasteiger partial charge in [0.2, 0.25) is 15.9 Å². The van der Waals surface area contributed by atoms with Crippen LogP contribution in [0.1, 0.15) is 32.6 Å². The van der Waals surface area contributed by atoms with Crippen LogP contribution >= 0.6 is 0 Å². The Kier molecular flexibility index (Phi) is 7.16. The van der Waals surface area contributed by atoms with Gasteiger partial charge in [0.05, 0.1) is 33.6 Å². The fourth-order valence-corrected chi connectivity index (χ4v) is 5.07. The zero-order chi connectivity index (χ0) is 25.9. The summed E-state index contributed by atoms with van der Waals surface area (Å²) in [6.07, 6.45) is 3.58. The van der Waals surface area contributed by atoms with E-state index in [1.807, 2.05) is 31.2 Å². The van der Waals surface area contributed by atoms with E-state index in [1.165, 1.54) is 12.1 Å². The molecule has 4 aromatic rings. The number of carbonyl (C=O) groups is 1. The van der Waals surface area contributed by atoms with Gasteiger partial charge in [0.15, 0.2) is 0 Å². The first-order valence-corrected chi connectivity index (χ1v) is 13.4. The van der Waals surface area contributed by atoms with Gasteiger partial charge in [-0.15, -0.1) is 0 Å². The number of fused-ring (bicyclic) bond motifs is 2. The van der Waals surface area contributed by atoms with Crippen molar-refractivity contribution < 1.29 is 18.1 Å². The van der Waals surface area contributed by atoms with Crippen molar-refractivity contribution in [2.45, 2.75) is 32.6 Å². The van der Waals surface area contributed by atoms with E-state index in [9.17, 15) is 23.3 Å². The van der Waals surface area contributed by atoms with Crippen LogP contribution in [0.25, 0.3) is 21.8 Å². The maximum absolute atomic E-state index is 12.7. The summed E-state index contributed by atoms with van der Waals surface area (Å²) in [5.74, 6) is -0.459.